The summed E-state index contributed by atoms with van der Waals surface area (Å²) in [4.78, 5) is 21.9. The van der Waals surface area contributed by atoms with Gasteiger partial charge >= 0.3 is 11.9 Å². The van der Waals surface area contributed by atoms with Crippen molar-refractivity contribution in [2.75, 3.05) is 19.0 Å². The van der Waals surface area contributed by atoms with Gasteiger partial charge in [-0.25, -0.2) is 4.79 Å². The number of nitrogens with two attached hydrogens (primary N) is 1. The summed E-state index contributed by atoms with van der Waals surface area (Å²) in [5, 5.41) is 11.4. The van der Waals surface area contributed by atoms with Crippen LogP contribution in [-0.4, -0.2) is 36.7 Å². The fourth-order valence-corrected chi connectivity index (χ4v) is 1.23. The van der Waals surface area contributed by atoms with E-state index in [2.05, 4.69) is 10.1 Å². The number of anilines is 1. The third kappa shape index (κ3) is 3.46. The monoisotopic (exact) mass is 238 g/mol. The van der Waals surface area contributed by atoms with Gasteiger partial charge in [0.1, 0.15) is 6.04 Å². The molecule has 1 aromatic carbocycles. The molecule has 0 heterocycles. The van der Waals surface area contributed by atoms with Gasteiger partial charge in [0.2, 0.25) is 0 Å². The molecule has 0 aliphatic rings. The van der Waals surface area contributed by atoms with Crippen molar-refractivity contribution in [2.24, 2.45) is 5.73 Å². The Morgan fingerprint density at radius 1 is 1.47 bits per heavy atom. The van der Waals surface area contributed by atoms with Gasteiger partial charge in [0, 0.05) is 12.2 Å². The number of benzene rings is 1. The zero-order valence-corrected chi connectivity index (χ0v) is 9.34. The number of esters is 1. The molecule has 0 amide bonds. The molecule has 0 aliphatic carbocycles. The van der Waals surface area contributed by atoms with Gasteiger partial charge in [-0.05, 0) is 12.1 Å². The first-order valence-corrected chi connectivity index (χ1v) is 4.96. The number of carboxylic acids is 1. The SMILES string of the molecule is COC(=O)c1ccccc1NCC(N)C(=O)O. The van der Waals surface area contributed by atoms with Crippen molar-refractivity contribution in [2.45, 2.75) is 6.04 Å². The second-order valence-corrected chi connectivity index (χ2v) is 3.36. The van der Waals surface area contributed by atoms with Gasteiger partial charge in [-0.15, -0.1) is 0 Å². The van der Waals surface area contributed by atoms with E-state index in [0.29, 0.717) is 11.3 Å². The fraction of sp³-hybridized carbons (Fsp3) is 0.273. The number of carbonyl (C=O) groups is 2. The number of hydrogen-bond acceptors (Lipinski definition) is 5. The molecule has 6 heteroatoms. The first kappa shape index (κ1) is 13.0. The third-order valence-corrected chi connectivity index (χ3v) is 2.16. The van der Waals surface area contributed by atoms with E-state index in [1.807, 2.05) is 0 Å². The minimum Gasteiger partial charge on any atom is -0.480 e. The molecule has 92 valence electrons. The summed E-state index contributed by atoms with van der Waals surface area (Å²) < 4.78 is 4.60. The molecule has 1 aromatic rings. The lowest BCUT2D eigenvalue weighted by molar-refractivity contribution is -0.138. The van der Waals surface area contributed by atoms with Gasteiger partial charge < -0.3 is 20.9 Å². The lowest BCUT2D eigenvalue weighted by Crippen LogP contribution is -2.37. The van der Waals surface area contributed by atoms with Crippen LogP contribution < -0.4 is 11.1 Å². The highest BCUT2D eigenvalue weighted by Gasteiger charge is 2.14. The smallest absolute Gasteiger partial charge is 0.339 e. The second-order valence-electron chi connectivity index (χ2n) is 3.36. The molecule has 6 nitrogen and oxygen atoms in total. The van der Waals surface area contributed by atoms with Gasteiger partial charge in [-0.3, -0.25) is 4.79 Å². The molecule has 17 heavy (non-hydrogen) atoms. The molecule has 0 aromatic heterocycles. The fourth-order valence-electron chi connectivity index (χ4n) is 1.23. The Labute approximate surface area is 98.4 Å². The minimum atomic E-state index is -1.10. The molecule has 0 fully saturated rings. The highest BCUT2D eigenvalue weighted by atomic mass is 16.5. The number of methoxy groups -OCH3 is 1. The van der Waals surface area contributed by atoms with Crippen LogP contribution in [0.25, 0.3) is 0 Å². The van der Waals surface area contributed by atoms with Crippen molar-refractivity contribution in [3.63, 3.8) is 0 Å². The summed E-state index contributed by atoms with van der Waals surface area (Å²) in [5.41, 5.74) is 6.18. The van der Waals surface area contributed by atoms with Crippen LogP contribution in [0, 0.1) is 0 Å². The largest absolute Gasteiger partial charge is 0.480 e. The summed E-state index contributed by atoms with van der Waals surface area (Å²) in [7, 11) is 1.28. The summed E-state index contributed by atoms with van der Waals surface area (Å²) in [5.74, 6) is -1.59. The standard InChI is InChI=1S/C11H14N2O4/c1-17-11(16)7-4-2-3-5-9(7)13-6-8(12)10(14)15/h2-5,8,13H,6,12H2,1H3,(H,14,15). The third-order valence-electron chi connectivity index (χ3n) is 2.16. The quantitative estimate of drug-likeness (QED) is 0.637. The van der Waals surface area contributed by atoms with Crippen molar-refractivity contribution >= 4 is 17.6 Å². The zero-order chi connectivity index (χ0) is 12.8. The molecule has 1 rings (SSSR count). The van der Waals surface area contributed by atoms with Gasteiger partial charge in [0.05, 0.1) is 12.7 Å². The van der Waals surface area contributed by atoms with E-state index < -0.39 is 18.0 Å². The van der Waals surface area contributed by atoms with E-state index in [0.717, 1.165) is 0 Å². The van der Waals surface area contributed by atoms with Crippen LogP contribution in [-0.2, 0) is 9.53 Å². The normalized spacial score (nSPS) is 11.6. The average Bonchev–Trinajstić information content (AvgIpc) is 2.35. The first-order valence-electron chi connectivity index (χ1n) is 4.96. The highest BCUT2D eigenvalue weighted by Crippen LogP contribution is 2.15. The van der Waals surface area contributed by atoms with Gasteiger partial charge in [-0.2, -0.15) is 0 Å². The predicted octanol–water partition coefficient (Wildman–Crippen LogP) is 0.297. The molecule has 0 spiro atoms. The first-order chi connectivity index (χ1) is 8.06. The van der Waals surface area contributed by atoms with Crippen LogP contribution in [0.15, 0.2) is 24.3 Å². The Kier molecular flexibility index (Phi) is 4.47. The molecule has 0 aliphatic heterocycles. The summed E-state index contributed by atoms with van der Waals surface area (Å²) in [6.45, 7) is 0.0311. The summed E-state index contributed by atoms with van der Waals surface area (Å²) in [6, 6.07) is 5.62. The minimum absolute atomic E-state index is 0.0311. The molecule has 4 N–H and O–H groups in total. The number of ether oxygens (including phenoxy) is 1. The Morgan fingerprint density at radius 2 is 2.12 bits per heavy atom. The highest BCUT2D eigenvalue weighted by molar-refractivity contribution is 5.95. The Bertz CT molecular complexity index is 420. The number of hydrogen-bond donors (Lipinski definition) is 3. The average molecular weight is 238 g/mol. The van der Waals surface area contributed by atoms with Crippen molar-refractivity contribution in [3.05, 3.63) is 29.8 Å². The Morgan fingerprint density at radius 3 is 2.71 bits per heavy atom. The predicted molar refractivity (Wildman–Crippen MR) is 61.9 cm³/mol. The molecule has 0 saturated carbocycles. The number of aliphatic carboxylic acids is 1. The maximum absolute atomic E-state index is 11.4. The van der Waals surface area contributed by atoms with Crippen LogP contribution in [0.5, 0.6) is 0 Å². The van der Waals surface area contributed by atoms with Crippen LogP contribution in [0.4, 0.5) is 5.69 Å². The van der Waals surface area contributed by atoms with E-state index in [9.17, 15) is 9.59 Å². The second kappa shape index (κ2) is 5.86. The van der Waals surface area contributed by atoms with Crippen molar-refractivity contribution < 1.29 is 19.4 Å². The van der Waals surface area contributed by atoms with Crippen LogP contribution >= 0.6 is 0 Å². The molecule has 0 bridgehead atoms. The van der Waals surface area contributed by atoms with Gasteiger partial charge in [0.25, 0.3) is 0 Å². The van der Waals surface area contributed by atoms with Crippen molar-refractivity contribution in [1.82, 2.24) is 0 Å². The van der Waals surface area contributed by atoms with Gasteiger partial charge in [-0.1, -0.05) is 12.1 Å². The molecule has 0 radical (unpaired) electrons. The van der Waals surface area contributed by atoms with Crippen molar-refractivity contribution in [3.8, 4) is 0 Å². The van der Waals surface area contributed by atoms with Gasteiger partial charge in [0.15, 0.2) is 0 Å². The molecule has 1 unspecified atom stereocenters. The maximum Gasteiger partial charge on any atom is 0.339 e. The summed E-state index contributed by atoms with van der Waals surface area (Å²) >= 11 is 0. The van der Waals surface area contributed by atoms with Crippen LogP contribution in [0.3, 0.4) is 0 Å². The lowest BCUT2D eigenvalue weighted by atomic mass is 10.1. The van der Waals surface area contributed by atoms with E-state index in [-0.39, 0.29) is 6.54 Å². The number of para-hydroxylation sites is 1. The molecule has 1 atom stereocenters. The molecular formula is C11H14N2O4. The number of carbonyl (C=O) groups excluding carboxylic acids is 1. The summed E-state index contributed by atoms with van der Waals surface area (Å²) in [6.07, 6.45) is 0. The van der Waals surface area contributed by atoms with Crippen molar-refractivity contribution in [1.29, 1.82) is 0 Å². The van der Waals surface area contributed by atoms with Crippen LogP contribution in [0.1, 0.15) is 10.4 Å². The lowest BCUT2D eigenvalue weighted by Gasteiger charge is -2.12. The van der Waals surface area contributed by atoms with E-state index >= 15 is 0 Å². The number of rotatable bonds is 5. The number of carboxylic acid groups (broad SMARTS) is 1. The Balaban J connectivity index is 2.77. The number of nitrogens with one attached hydrogen (secondary N) is 1. The van der Waals surface area contributed by atoms with Crippen LogP contribution in [0.2, 0.25) is 0 Å². The molecule has 0 saturated heterocycles. The van der Waals surface area contributed by atoms with E-state index in [4.69, 9.17) is 10.8 Å². The topological polar surface area (TPSA) is 102 Å². The molecular weight excluding hydrogens is 224 g/mol. The van der Waals surface area contributed by atoms with E-state index in [1.54, 1.807) is 24.3 Å². The van der Waals surface area contributed by atoms with E-state index in [1.165, 1.54) is 7.11 Å². The zero-order valence-electron chi connectivity index (χ0n) is 9.34. The Hall–Kier alpha value is -2.08. The maximum atomic E-state index is 11.4.